The first kappa shape index (κ1) is 17.2. The summed E-state index contributed by atoms with van der Waals surface area (Å²) in [5.41, 5.74) is 0.0519. The van der Waals surface area contributed by atoms with Gasteiger partial charge in [0.2, 0.25) is 0 Å². The molecule has 0 aromatic carbocycles. The monoisotopic (exact) mass is 391 g/mol. The molecule has 0 radical (unpaired) electrons. The molecular weight excluding hydrogens is 378 g/mol. The molecule has 2 aromatic heterocycles. The average molecular weight is 392 g/mol. The molecule has 0 saturated carbocycles. The topological polar surface area (TPSA) is 107 Å². The molecule has 1 fully saturated rings. The molecule has 0 spiro atoms. The fraction of sp³-hybridized carbons (Fsp3) is 0.462. The zero-order valence-electron chi connectivity index (χ0n) is 12.6. The van der Waals surface area contributed by atoms with E-state index in [1.807, 2.05) is 0 Å². The number of esters is 1. The average Bonchev–Trinajstić information content (AvgIpc) is 3.12. The molecule has 11 heteroatoms. The first-order chi connectivity index (χ1) is 11.3. The maximum absolute atomic E-state index is 12.3. The van der Waals surface area contributed by atoms with Gasteiger partial charge in [0.25, 0.3) is 5.91 Å². The van der Waals surface area contributed by atoms with Crippen LogP contribution in [0.5, 0.6) is 0 Å². The third kappa shape index (κ3) is 3.40. The Labute approximate surface area is 146 Å². The highest BCUT2D eigenvalue weighted by atomic mass is 35.5. The molecule has 130 valence electrons. The molecule has 8 nitrogen and oxygen atoms in total. The summed E-state index contributed by atoms with van der Waals surface area (Å²) in [6.07, 6.45) is 0.906. The number of halogens is 1. The number of rotatable bonds is 4. The van der Waals surface area contributed by atoms with Crippen LogP contribution in [0.2, 0.25) is 5.15 Å². The Kier molecular flexibility index (Phi) is 4.54. The number of hydrogen-bond acceptors (Lipinski definition) is 7. The molecule has 1 amide bonds. The van der Waals surface area contributed by atoms with Gasteiger partial charge in [-0.25, -0.2) is 18.2 Å². The van der Waals surface area contributed by atoms with Crippen molar-refractivity contribution < 1.29 is 22.7 Å². The van der Waals surface area contributed by atoms with Gasteiger partial charge in [0.05, 0.1) is 11.5 Å². The minimum atomic E-state index is -3.10. The Morgan fingerprint density at radius 2 is 2.29 bits per heavy atom. The lowest BCUT2D eigenvalue weighted by Gasteiger charge is -2.16. The van der Waals surface area contributed by atoms with E-state index in [4.69, 9.17) is 16.3 Å². The first-order valence-corrected chi connectivity index (χ1v) is 10.2. The standard InChI is InChI=1S/C13H14ClN3O5S2/c1-7(11(18)15-8-2-5-24(20,21)6-8)22-12(19)9-10(14)16-13-17(9)3-4-23-13/h3-4,7-8H,2,5-6H2,1H3,(H,15,18)/t7-,8+/m1/s1. The number of carbonyl (C=O) groups is 2. The maximum atomic E-state index is 12.3. The summed E-state index contributed by atoms with van der Waals surface area (Å²) in [6, 6.07) is -0.453. The summed E-state index contributed by atoms with van der Waals surface area (Å²) in [5.74, 6) is -1.36. The lowest BCUT2D eigenvalue weighted by molar-refractivity contribution is -0.129. The zero-order chi connectivity index (χ0) is 17.5. The normalized spacial score (nSPS) is 20.8. The number of carbonyl (C=O) groups excluding carboxylic acids is 2. The van der Waals surface area contributed by atoms with Crippen LogP contribution in [0.25, 0.3) is 4.96 Å². The van der Waals surface area contributed by atoms with E-state index in [9.17, 15) is 18.0 Å². The lowest BCUT2D eigenvalue weighted by Crippen LogP contribution is -2.42. The highest BCUT2D eigenvalue weighted by Crippen LogP contribution is 2.22. The van der Waals surface area contributed by atoms with Crippen LogP contribution in [0.1, 0.15) is 23.8 Å². The van der Waals surface area contributed by atoms with Crippen LogP contribution in [-0.2, 0) is 19.4 Å². The second kappa shape index (κ2) is 6.34. The number of ether oxygens (including phenoxy) is 1. The summed E-state index contributed by atoms with van der Waals surface area (Å²) in [5, 5.41) is 4.33. The molecule has 0 unspecified atom stereocenters. The number of sulfone groups is 1. The van der Waals surface area contributed by atoms with Crippen molar-refractivity contribution in [2.75, 3.05) is 11.5 Å². The number of nitrogens with one attached hydrogen (secondary N) is 1. The van der Waals surface area contributed by atoms with Crippen LogP contribution in [0.3, 0.4) is 0 Å². The molecule has 2 aromatic rings. The van der Waals surface area contributed by atoms with Crippen molar-refractivity contribution in [1.29, 1.82) is 0 Å². The van der Waals surface area contributed by atoms with Gasteiger partial charge in [0.1, 0.15) is 0 Å². The number of fused-ring (bicyclic) bond motifs is 1. The van der Waals surface area contributed by atoms with Gasteiger partial charge >= 0.3 is 5.97 Å². The molecule has 0 aliphatic carbocycles. The van der Waals surface area contributed by atoms with Crippen molar-refractivity contribution in [3.05, 3.63) is 22.4 Å². The van der Waals surface area contributed by atoms with Crippen molar-refractivity contribution in [3.63, 3.8) is 0 Å². The van der Waals surface area contributed by atoms with Crippen molar-refractivity contribution >= 4 is 49.6 Å². The predicted molar refractivity (Wildman–Crippen MR) is 88.2 cm³/mol. The van der Waals surface area contributed by atoms with E-state index in [0.29, 0.717) is 11.4 Å². The van der Waals surface area contributed by atoms with E-state index < -0.39 is 33.9 Å². The summed E-state index contributed by atoms with van der Waals surface area (Å²) in [6.45, 7) is 1.41. The molecule has 1 saturated heterocycles. The van der Waals surface area contributed by atoms with Crippen molar-refractivity contribution in [3.8, 4) is 0 Å². The summed E-state index contributed by atoms with van der Waals surface area (Å²) in [4.78, 5) is 28.9. The van der Waals surface area contributed by atoms with Gasteiger partial charge in [0, 0.05) is 17.6 Å². The quantitative estimate of drug-likeness (QED) is 0.776. The van der Waals surface area contributed by atoms with Gasteiger partial charge in [-0.15, -0.1) is 11.3 Å². The fourth-order valence-corrected chi connectivity index (χ4v) is 5.12. The van der Waals surface area contributed by atoms with E-state index in [1.54, 1.807) is 11.6 Å². The molecule has 3 heterocycles. The summed E-state index contributed by atoms with van der Waals surface area (Å²) in [7, 11) is -3.10. The lowest BCUT2D eigenvalue weighted by atomic mass is 10.2. The SMILES string of the molecule is C[C@@H](OC(=O)c1c(Cl)nc2sccn12)C(=O)N[C@H]1CCS(=O)(=O)C1. The smallest absolute Gasteiger partial charge is 0.359 e. The molecule has 3 rings (SSSR count). The minimum Gasteiger partial charge on any atom is -0.448 e. The van der Waals surface area contributed by atoms with Crippen LogP contribution in [0.4, 0.5) is 0 Å². The van der Waals surface area contributed by atoms with Crippen LogP contribution in [0, 0.1) is 0 Å². The van der Waals surface area contributed by atoms with Gasteiger partial charge in [-0.1, -0.05) is 11.6 Å². The number of aromatic nitrogens is 2. The molecular formula is C13H14ClN3O5S2. The number of amides is 1. The second-order valence-electron chi connectivity index (χ2n) is 5.46. The Hall–Kier alpha value is -1.65. The third-order valence-electron chi connectivity index (χ3n) is 3.64. The number of imidazole rings is 1. The minimum absolute atomic E-state index is 0.00124. The Bertz CT molecular complexity index is 904. The van der Waals surface area contributed by atoms with E-state index >= 15 is 0 Å². The van der Waals surface area contributed by atoms with Gasteiger partial charge < -0.3 is 10.1 Å². The Balaban J connectivity index is 1.65. The fourth-order valence-electron chi connectivity index (χ4n) is 2.44. The predicted octanol–water partition coefficient (Wildman–Crippen LogP) is 0.898. The van der Waals surface area contributed by atoms with Gasteiger partial charge in [0.15, 0.2) is 31.7 Å². The molecule has 24 heavy (non-hydrogen) atoms. The summed E-state index contributed by atoms with van der Waals surface area (Å²) < 4.78 is 29.4. The molecule has 1 aliphatic rings. The maximum Gasteiger partial charge on any atom is 0.359 e. The zero-order valence-corrected chi connectivity index (χ0v) is 14.9. The van der Waals surface area contributed by atoms with Crippen molar-refractivity contribution in [2.45, 2.75) is 25.5 Å². The third-order valence-corrected chi connectivity index (χ3v) is 6.43. The number of nitrogens with zero attached hydrogens (tertiary/aromatic N) is 2. The molecule has 0 bridgehead atoms. The molecule has 1 N–H and O–H groups in total. The summed E-state index contributed by atoms with van der Waals surface area (Å²) >= 11 is 7.25. The Morgan fingerprint density at radius 1 is 1.54 bits per heavy atom. The van der Waals surface area contributed by atoms with Gasteiger partial charge in [-0.05, 0) is 13.3 Å². The van der Waals surface area contributed by atoms with E-state index in [2.05, 4.69) is 10.3 Å². The second-order valence-corrected chi connectivity index (χ2v) is 8.92. The highest BCUT2D eigenvalue weighted by Gasteiger charge is 2.31. The van der Waals surface area contributed by atoms with E-state index in [1.165, 1.54) is 22.7 Å². The number of hydrogen-bond donors (Lipinski definition) is 1. The van der Waals surface area contributed by atoms with Crippen LogP contribution in [0.15, 0.2) is 11.6 Å². The van der Waals surface area contributed by atoms with Gasteiger partial charge in [-0.3, -0.25) is 9.20 Å². The van der Waals surface area contributed by atoms with Gasteiger partial charge in [-0.2, -0.15) is 0 Å². The van der Waals surface area contributed by atoms with Crippen molar-refractivity contribution in [1.82, 2.24) is 14.7 Å². The molecule has 1 aliphatic heterocycles. The van der Waals surface area contributed by atoms with E-state index in [0.717, 1.165) is 0 Å². The molecule has 2 atom stereocenters. The van der Waals surface area contributed by atoms with E-state index in [-0.39, 0.29) is 22.4 Å². The van der Waals surface area contributed by atoms with Crippen LogP contribution >= 0.6 is 22.9 Å². The Morgan fingerprint density at radius 3 is 2.96 bits per heavy atom. The van der Waals surface area contributed by atoms with Crippen molar-refractivity contribution in [2.24, 2.45) is 0 Å². The highest BCUT2D eigenvalue weighted by molar-refractivity contribution is 7.91. The van der Waals surface area contributed by atoms with Crippen LogP contribution in [-0.4, -0.2) is 53.3 Å². The first-order valence-electron chi connectivity index (χ1n) is 7.09. The largest absolute Gasteiger partial charge is 0.448 e. The van der Waals surface area contributed by atoms with Crippen LogP contribution < -0.4 is 5.32 Å². The number of thiazole rings is 1.